The molecule has 2 aromatic rings. The molecule has 1 aliphatic rings. The fraction of sp³-hybridized carbons (Fsp3) is 0.709. The summed E-state index contributed by atoms with van der Waals surface area (Å²) in [6.07, 6.45) is 46.8. The zero-order chi connectivity index (χ0) is 40.6. The van der Waals surface area contributed by atoms with Gasteiger partial charge in [0, 0.05) is 22.3 Å². The maximum Gasteiger partial charge on any atom is 0.211 e. The molecule has 0 atom stereocenters. The Morgan fingerprint density at radius 3 is 1.12 bits per heavy atom. The van der Waals surface area contributed by atoms with E-state index >= 15 is 0 Å². The summed E-state index contributed by atoms with van der Waals surface area (Å²) in [5, 5.41) is 0. The molecule has 0 aromatic heterocycles. The first kappa shape index (κ1) is 48.9. The number of allylic oxidation sites excluding steroid dienone is 2. The van der Waals surface area contributed by atoms with E-state index < -0.39 is 0 Å². The molecular formula is C55H90N2. The number of aryl methyl sites for hydroxylation is 2. The zero-order valence-corrected chi connectivity index (χ0v) is 38.3. The van der Waals surface area contributed by atoms with Gasteiger partial charge in [0.25, 0.3) is 0 Å². The van der Waals surface area contributed by atoms with E-state index in [0.29, 0.717) is 0 Å². The van der Waals surface area contributed by atoms with Crippen molar-refractivity contribution in [1.82, 2.24) is 0 Å². The van der Waals surface area contributed by atoms with Gasteiger partial charge in [-0.05, 0) is 86.8 Å². The van der Waals surface area contributed by atoms with Crippen LogP contribution in [0.3, 0.4) is 0 Å². The van der Waals surface area contributed by atoms with Gasteiger partial charge in [-0.1, -0.05) is 225 Å². The van der Waals surface area contributed by atoms with Crippen molar-refractivity contribution in [3.8, 4) is 0 Å². The standard InChI is InChI=1S/C55H90N2/c1-5-9-13-14-15-16-17-18-19-20-21-22-23-24-25-26-27-28-29-30-31-32-33-35-42-53-52(41-34-10-6-2)54(50-45-43-48(44-46-50)37-11-7-3)57(56)55(53)51-40-36-39-49(47-51)38-12-8-4/h36,39-40,43-47H,5-35,37-38,41-42H2,1-4H3. The van der Waals surface area contributed by atoms with Crippen LogP contribution in [0.4, 0.5) is 0 Å². The van der Waals surface area contributed by atoms with E-state index in [1.54, 1.807) is 4.70 Å². The van der Waals surface area contributed by atoms with E-state index in [1.807, 2.05) is 0 Å². The van der Waals surface area contributed by atoms with Crippen molar-refractivity contribution in [2.45, 2.75) is 252 Å². The SMILES string of the molecule is CCCCCCCCCCCCCCCCCCCCCCCCCCC1=C(c2cccc(CCCC)c2)[N+](=[N-])C(c2ccc(CCCC)cc2)=C1CCCCC. The third-order valence-corrected chi connectivity index (χ3v) is 12.7. The average molecular weight is 779 g/mol. The molecule has 0 aliphatic carbocycles. The Labute approximate surface area is 354 Å². The molecule has 0 radical (unpaired) electrons. The summed E-state index contributed by atoms with van der Waals surface area (Å²) in [5.74, 6) is 0. The van der Waals surface area contributed by atoms with Crippen LogP contribution in [0.5, 0.6) is 0 Å². The Hall–Kier alpha value is -2.48. The molecule has 0 saturated carbocycles. The molecule has 2 aromatic carbocycles. The highest BCUT2D eigenvalue weighted by atomic mass is 15.2. The van der Waals surface area contributed by atoms with Gasteiger partial charge in [-0.15, -0.1) is 0 Å². The summed E-state index contributed by atoms with van der Waals surface area (Å²) in [4.78, 5) is 0. The summed E-state index contributed by atoms with van der Waals surface area (Å²) in [5.41, 5.74) is 22.1. The molecule has 2 nitrogen and oxygen atoms in total. The lowest BCUT2D eigenvalue weighted by molar-refractivity contribution is -0.345. The monoisotopic (exact) mass is 779 g/mol. The van der Waals surface area contributed by atoms with E-state index in [1.165, 1.54) is 227 Å². The normalized spacial score (nSPS) is 13.2. The predicted molar refractivity (Wildman–Crippen MR) is 253 cm³/mol. The third-order valence-electron chi connectivity index (χ3n) is 12.7. The van der Waals surface area contributed by atoms with Gasteiger partial charge in [-0.3, -0.25) is 0 Å². The van der Waals surface area contributed by atoms with Gasteiger partial charge in [0.15, 0.2) is 0 Å². The Morgan fingerprint density at radius 2 is 0.684 bits per heavy atom. The Balaban J connectivity index is 1.41. The van der Waals surface area contributed by atoms with Gasteiger partial charge in [0.1, 0.15) is 0 Å². The maximum absolute atomic E-state index is 12.1. The van der Waals surface area contributed by atoms with Crippen LogP contribution in [0.2, 0.25) is 0 Å². The largest absolute Gasteiger partial charge is 0.493 e. The van der Waals surface area contributed by atoms with Crippen LogP contribution < -0.4 is 0 Å². The zero-order valence-electron chi connectivity index (χ0n) is 38.3. The molecule has 3 rings (SSSR count). The molecule has 0 N–H and O–H groups in total. The molecule has 0 bridgehead atoms. The van der Waals surface area contributed by atoms with Crippen LogP contribution in [0.1, 0.15) is 262 Å². The molecule has 0 saturated heterocycles. The summed E-state index contributed by atoms with van der Waals surface area (Å²) < 4.78 is 1.59. The first-order valence-electron chi connectivity index (χ1n) is 25.3. The second kappa shape index (κ2) is 32.4. The van der Waals surface area contributed by atoms with E-state index in [-0.39, 0.29) is 0 Å². The van der Waals surface area contributed by atoms with Crippen molar-refractivity contribution < 1.29 is 4.70 Å². The summed E-state index contributed by atoms with van der Waals surface area (Å²) >= 11 is 0. The quantitative estimate of drug-likeness (QED) is 0.0482. The second-order valence-electron chi connectivity index (χ2n) is 17.9. The number of nitrogens with zero attached hydrogens (tertiary/aromatic N) is 2. The lowest BCUT2D eigenvalue weighted by Gasteiger charge is -2.11. The fourth-order valence-electron chi connectivity index (χ4n) is 9.07. The van der Waals surface area contributed by atoms with Crippen molar-refractivity contribution in [1.29, 1.82) is 0 Å². The Morgan fingerprint density at radius 1 is 0.333 bits per heavy atom. The first-order chi connectivity index (χ1) is 28.1. The Kier molecular flexibility index (Phi) is 27.8. The molecule has 57 heavy (non-hydrogen) atoms. The van der Waals surface area contributed by atoms with Crippen LogP contribution in [0.15, 0.2) is 59.7 Å². The molecule has 0 spiro atoms. The van der Waals surface area contributed by atoms with Gasteiger partial charge >= 0.3 is 0 Å². The average Bonchev–Trinajstić information content (AvgIpc) is 3.51. The smallest absolute Gasteiger partial charge is 0.211 e. The van der Waals surface area contributed by atoms with Gasteiger partial charge in [0.2, 0.25) is 11.4 Å². The lowest BCUT2D eigenvalue weighted by atomic mass is 9.91. The van der Waals surface area contributed by atoms with Crippen LogP contribution in [-0.2, 0) is 12.8 Å². The highest BCUT2D eigenvalue weighted by Crippen LogP contribution is 2.45. The Bertz CT molecular complexity index is 1380. The number of unbranched alkanes of at least 4 members (excludes halogenated alkanes) is 27. The van der Waals surface area contributed by atoms with Crippen molar-refractivity contribution in [3.05, 3.63) is 87.5 Å². The third kappa shape index (κ3) is 19.9. The molecule has 0 amide bonds. The number of benzene rings is 2. The van der Waals surface area contributed by atoms with E-state index in [4.69, 9.17) is 0 Å². The van der Waals surface area contributed by atoms with Gasteiger partial charge in [0.05, 0.1) is 0 Å². The minimum absolute atomic E-state index is 1.03. The fourth-order valence-corrected chi connectivity index (χ4v) is 9.07. The van der Waals surface area contributed by atoms with E-state index in [2.05, 4.69) is 76.2 Å². The van der Waals surface area contributed by atoms with Crippen molar-refractivity contribution in [2.24, 2.45) is 0 Å². The van der Waals surface area contributed by atoms with Crippen molar-refractivity contribution in [2.75, 3.05) is 0 Å². The minimum atomic E-state index is 1.03. The number of hydrogen-bond acceptors (Lipinski definition) is 0. The van der Waals surface area contributed by atoms with Crippen LogP contribution in [0, 0.1) is 0 Å². The highest BCUT2D eigenvalue weighted by molar-refractivity contribution is 5.82. The highest BCUT2D eigenvalue weighted by Gasteiger charge is 2.35. The topological polar surface area (TPSA) is 25.3 Å². The molecular weight excluding hydrogens is 689 g/mol. The van der Waals surface area contributed by atoms with E-state index in [0.717, 1.165) is 42.6 Å². The van der Waals surface area contributed by atoms with Crippen LogP contribution >= 0.6 is 0 Å². The van der Waals surface area contributed by atoms with Crippen molar-refractivity contribution in [3.63, 3.8) is 0 Å². The molecule has 0 fully saturated rings. The van der Waals surface area contributed by atoms with Gasteiger partial charge in [-0.25, -0.2) is 4.70 Å². The molecule has 2 heteroatoms. The number of hydrogen-bond donors (Lipinski definition) is 0. The second-order valence-corrected chi connectivity index (χ2v) is 17.9. The minimum Gasteiger partial charge on any atom is -0.493 e. The molecule has 1 aliphatic heterocycles. The summed E-state index contributed by atoms with van der Waals surface area (Å²) in [7, 11) is 0. The molecule has 320 valence electrons. The summed E-state index contributed by atoms with van der Waals surface area (Å²) in [6, 6.07) is 18.2. The van der Waals surface area contributed by atoms with Gasteiger partial charge < -0.3 is 5.53 Å². The molecule has 0 unspecified atom stereocenters. The van der Waals surface area contributed by atoms with Crippen LogP contribution in [0.25, 0.3) is 16.9 Å². The van der Waals surface area contributed by atoms with Crippen molar-refractivity contribution >= 4 is 11.4 Å². The maximum atomic E-state index is 12.1. The number of rotatable bonds is 37. The van der Waals surface area contributed by atoms with Crippen LogP contribution in [-0.4, -0.2) is 4.70 Å². The van der Waals surface area contributed by atoms with E-state index in [9.17, 15) is 5.53 Å². The molecule has 1 heterocycles. The predicted octanol–water partition coefficient (Wildman–Crippen LogP) is 18.9. The van der Waals surface area contributed by atoms with Gasteiger partial charge in [-0.2, -0.15) is 0 Å². The lowest BCUT2D eigenvalue weighted by Crippen LogP contribution is -2.03. The first-order valence-corrected chi connectivity index (χ1v) is 25.3. The summed E-state index contributed by atoms with van der Waals surface area (Å²) in [6.45, 7) is 9.13.